The molecule has 2 aliphatic carbocycles. The van der Waals surface area contributed by atoms with E-state index in [1.807, 2.05) is 0 Å². The van der Waals surface area contributed by atoms with Gasteiger partial charge in [0.2, 0.25) is 0 Å². The van der Waals surface area contributed by atoms with Crippen LogP contribution in [0.15, 0.2) is 0 Å². The maximum atomic E-state index is 10.4. The number of nitrogens with one attached hydrogen (secondary N) is 1. The average Bonchev–Trinajstić information content (AvgIpc) is 3.06. The van der Waals surface area contributed by atoms with Gasteiger partial charge in [0.15, 0.2) is 0 Å². The molecule has 27 heavy (non-hydrogen) atoms. The van der Waals surface area contributed by atoms with Gasteiger partial charge < -0.3 is 30.5 Å². The molecule has 1 aliphatic heterocycles. The minimum absolute atomic E-state index is 0.116. The van der Waals surface area contributed by atoms with E-state index in [-0.39, 0.29) is 12.0 Å². The molecule has 1 heterocycles. The van der Waals surface area contributed by atoms with Crippen LogP contribution in [0, 0.1) is 16.7 Å². The van der Waals surface area contributed by atoms with Crippen LogP contribution in [-0.2, 0) is 4.74 Å². The minimum Gasteiger partial charge on any atom is -0.394 e. The Hall–Kier alpha value is -0.240. The van der Waals surface area contributed by atoms with Gasteiger partial charge in [0.25, 0.3) is 0 Å². The van der Waals surface area contributed by atoms with Gasteiger partial charge in [-0.25, -0.2) is 0 Å². The van der Waals surface area contributed by atoms with E-state index in [1.165, 1.54) is 19.3 Å². The van der Waals surface area contributed by atoms with E-state index < -0.39 is 30.5 Å². The van der Waals surface area contributed by atoms with Gasteiger partial charge in [-0.1, -0.05) is 27.7 Å². The Morgan fingerprint density at radius 3 is 2.19 bits per heavy atom. The van der Waals surface area contributed by atoms with Crippen molar-refractivity contribution < 1.29 is 25.2 Å². The lowest BCUT2D eigenvalue weighted by atomic mass is 9.77. The van der Waals surface area contributed by atoms with Crippen molar-refractivity contribution >= 4 is 0 Å². The Bertz CT molecular complexity index is 509. The molecule has 0 bridgehead atoms. The van der Waals surface area contributed by atoms with Crippen LogP contribution in [-0.4, -0.2) is 69.6 Å². The Balaban J connectivity index is 1.59. The fourth-order valence-electron chi connectivity index (χ4n) is 5.66. The standard InChI is InChI=1S/C21H39NO5/c1-20(2)6-5-13(9-20)22-14-7-12(21(3,4)10-14)8-15-17(24)19(26)18(25)16(11-23)27-15/h12-19,22-26H,5-11H2,1-4H3/t12?,13?,14?,15?,16-,17+,18+,19-/m1/s1. The van der Waals surface area contributed by atoms with Gasteiger partial charge in [-0.2, -0.15) is 0 Å². The lowest BCUT2D eigenvalue weighted by Gasteiger charge is -2.42. The second kappa shape index (κ2) is 7.88. The number of rotatable bonds is 5. The summed E-state index contributed by atoms with van der Waals surface area (Å²) in [4.78, 5) is 0. The van der Waals surface area contributed by atoms with E-state index >= 15 is 0 Å². The maximum absolute atomic E-state index is 10.4. The summed E-state index contributed by atoms with van der Waals surface area (Å²) in [5.74, 6) is 0.353. The Labute approximate surface area is 163 Å². The van der Waals surface area contributed by atoms with Crippen LogP contribution in [0.1, 0.15) is 66.2 Å². The number of hydrogen-bond donors (Lipinski definition) is 5. The van der Waals surface area contributed by atoms with Crippen LogP contribution in [0.5, 0.6) is 0 Å². The minimum atomic E-state index is -1.28. The number of ether oxygens (including phenoxy) is 1. The highest BCUT2D eigenvalue weighted by Crippen LogP contribution is 2.47. The van der Waals surface area contributed by atoms with E-state index in [1.54, 1.807) is 0 Å². The molecule has 0 radical (unpaired) electrons. The van der Waals surface area contributed by atoms with E-state index in [0.717, 1.165) is 12.8 Å². The molecule has 6 heteroatoms. The van der Waals surface area contributed by atoms with Crippen LogP contribution in [0.25, 0.3) is 0 Å². The van der Waals surface area contributed by atoms with Crippen molar-refractivity contribution in [2.24, 2.45) is 16.7 Å². The van der Waals surface area contributed by atoms with Crippen LogP contribution in [0.2, 0.25) is 0 Å². The molecule has 0 amide bonds. The van der Waals surface area contributed by atoms with Crippen molar-refractivity contribution in [2.45, 2.75) is 109 Å². The van der Waals surface area contributed by atoms with Crippen molar-refractivity contribution in [3.05, 3.63) is 0 Å². The lowest BCUT2D eigenvalue weighted by Crippen LogP contribution is -2.58. The molecular formula is C21H39NO5. The molecule has 8 atom stereocenters. The number of aliphatic hydroxyl groups excluding tert-OH is 4. The van der Waals surface area contributed by atoms with Crippen molar-refractivity contribution in [3.63, 3.8) is 0 Å². The zero-order valence-corrected chi connectivity index (χ0v) is 17.3. The fourth-order valence-corrected chi connectivity index (χ4v) is 5.66. The van der Waals surface area contributed by atoms with Gasteiger partial charge in [0.05, 0.1) is 12.7 Å². The van der Waals surface area contributed by atoms with E-state index in [4.69, 9.17) is 4.74 Å². The highest BCUT2D eigenvalue weighted by atomic mass is 16.5. The molecule has 3 fully saturated rings. The second-order valence-corrected chi connectivity index (χ2v) is 10.7. The summed E-state index contributed by atoms with van der Waals surface area (Å²) in [6, 6.07) is 1.06. The zero-order valence-electron chi connectivity index (χ0n) is 17.3. The van der Waals surface area contributed by atoms with E-state index in [0.29, 0.717) is 29.8 Å². The highest BCUT2D eigenvalue weighted by molar-refractivity contribution is 5.00. The molecule has 158 valence electrons. The third kappa shape index (κ3) is 4.68. The summed E-state index contributed by atoms with van der Waals surface area (Å²) in [7, 11) is 0. The van der Waals surface area contributed by atoms with Gasteiger partial charge >= 0.3 is 0 Å². The summed E-state index contributed by atoms with van der Waals surface area (Å²) in [6.07, 6.45) is 1.42. The van der Waals surface area contributed by atoms with Gasteiger partial charge in [-0.05, 0) is 55.3 Å². The van der Waals surface area contributed by atoms with Crippen LogP contribution in [0.3, 0.4) is 0 Å². The van der Waals surface area contributed by atoms with Crippen LogP contribution < -0.4 is 5.32 Å². The van der Waals surface area contributed by atoms with Crippen molar-refractivity contribution in [1.82, 2.24) is 5.32 Å². The second-order valence-electron chi connectivity index (χ2n) is 10.7. The molecule has 0 aromatic rings. The third-order valence-corrected chi connectivity index (χ3v) is 7.39. The number of aliphatic hydroxyl groups is 4. The fraction of sp³-hybridized carbons (Fsp3) is 1.00. The van der Waals surface area contributed by atoms with Crippen molar-refractivity contribution in [3.8, 4) is 0 Å². The molecule has 6 nitrogen and oxygen atoms in total. The summed E-state index contributed by atoms with van der Waals surface area (Å²) in [5.41, 5.74) is 0.548. The lowest BCUT2D eigenvalue weighted by molar-refractivity contribution is -0.233. The first-order valence-electron chi connectivity index (χ1n) is 10.6. The molecule has 3 rings (SSSR count). The smallest absolute Gasteiger partial charge is 0.111 e. The van der Waals surface area contributed by atoms with Crippen molar-refractivity contribution in [2.75, 3.05) is 6.61 Å². The molecule has 1 saturated heterocycles. The Morgan fingerprint density at radius 1 is 0.926 bits per heavy atom. The first-order valence-corrected chi connectivity index (χ1v) is 10.6. The topological polar surface area (TPSA) is 102 Å². The normalized spacial score (nSPS) is 46.7. The first kappa shape index (κ1) is 21.5. The summed E-state index contributed by atoms with van der Waals surface area (Å²) in [6.45, 7) is 8.85. The van der Waals surface area contributed by atoms with Crippen molar-refractivity contribution in [1.29, 1.82) is 0 Å². The van der Waals surface area contributed by atoms with E-state index in [2.05, 4.69) is 33.0 Å². The molecule has 0 aromatic heterocycles. The molecule has 0 spiro atoms. The summed E-state index contributed by atoms with van der Waals surface area (Å²) >= 11 is 0. The molecular weight excluding hydrogens is 346 g/mol. The maximum Gasteiger partial charge on any atom is 0.111 e. The predicted molar refractivity (Wildman–Crippen MR) is 103 cm³/mol. The predicted octanol–water partition coefficient (Wildman–Crippen LogP) is 1.19. The quantitative estimate of drug-likeness (QED) is 0.487. The molecule has 0 aromatic carbocycles. The summed E-state index contributed by atoms with van der Waals surface area (Å²) < 4.78 is 5.75. The Kier molecular flexibility index (Phi) is 6.27. The zero-order chi connectivity index (χ0) is 20.0. The highest BCUT2D eigenvalue weighted by Gasteiger charge is 2.48. The molecule has 2 saturated carbocycles. The molecule has 4 unspecified atom stereocenters. The van der Waals surface area contributed by atoms with Gasteiger partial charge in [0, 0.05) is 12.1 Å². The Morgan fingerprint density at radius 2 is 1.59 bits per heavy atom. The van der Waals surface area contributed by atoms with E-state index in [9.17, 15) is 20.4 Å². The van der Waals surface area contributed by atoms with Crippen LogP contribution in [0.4, 0.5) is 0 Å². The third-order valence-electron chi connectivity index (χ3n) is 7.39. The monoisotopic (exact) mass is 385 g/mol. The average molecular weight is 386 g/mol. The van der Waals surface area contributed by atoms with Gasteiger partial charge in [0.1, 0.15) is 24.4 Å². The largest absolute Gasteiger partial charge is 0.394 e. The van der Waals surface area contributed by atoms with Crippen LogP contribution >= 0.6 is 0 Å². The number of hydrogen-bond acceptors (Lipinski definition) is 6. The van der Waals surface area contributed by atoms with Gasteiger partial charge in [-0.3, -0.25) is 0 Å². The molecule has 3 aliphatic rings. The van der Waals surface area contributed by atoms with Gasteiger partial charge in [-0.15, -0.1) is 0 Å². The first-order chi connectivity index (χ1) is 12.5. The summed E-state index contributed by atoms with van der Waals surface area (Å²) in [5, 5.41) is 43.7. The SMILES string of the molecule is CC1(C)CCC(NC2CC(CC3O[C@H](CO)[C@H](O)[C@H](O)[C@H]3O)C(C)(C)C2)C1. The molecule has 5 N–H and O–H groups in total.